The number of nitrogens with zero attached hydrogens (tertiary/aromatic N) is 5. The molecule has 35 heavy (non-hydrogen) atoms. The highest BCUT2D eigenvalue weighted by Crippen LogP contribution is 2.39. The number of rotatable bonds is 5. The molecule has 2 aliphatic heterocycles. The fraction of sp³-hybridized carbons (Fsp3) is 0.423. The van der Waals surface area contributed by atoms with Crippen LogP contribution in [0.15, 0.2) is 64.0 Å². The Labute approximate surface area is 210 Å². The third-order valence-electron chi connectivity index (χ3n) is 6.30. The molecule has 184 valence electrons. The number of guanidine groups is 1. The minimum atomic E-state index is -0.908. The Hall–Kier alpha value is -2.88. The first-order chi connectivity index (χ1) is 17.1. The maximum atomic E-state index is 6.18. The first kappa shape index (κ1) is 23.8. The SMILES string of the molecule is CC(c1cccc(C2(c3ccccc3)OCCO2)c1)c1nnc(/N=C(\N(C)C)N2CCSCC2)o1. The van der Waals surface area contributed by atoms with Gasteiger partial charge in [0.15, 0.2) is 0 Å². The van der Waals surface area contributed by atoms with Crippen molar-refractivity contribution in [1.29, 1.82) is 0 Å². The average molecular weight is 494 g/mol. The molecule has 0 amide bonds. The van der Waals surface area contributed by atoms with Gasteiger partial charge >= 0.3 is 6.01 Å². The highest BCUT2D eigenvalue weighted by atomic mass is 32.2. The fourth-order valence-electron chi connectivity index (χ4n) is 4.47. The normalized spacial score (nSPS) is 19.1. The molecule has 3 aromatic rings. The van der Waals surface area contributed by atoms with Gasteiger partial charge in [-0.1, -0.05) is 53.6 Å². The van der Waals surface area contributed by atoms with E-state index in [1.807, 2.05) is 73.2 Å². The van der Waals surface area contributed by atoms with Crippen molar-refractivity contribution in [3.05, 3.63) is 77.2 Å². The van der Waals surface area contributed by atoms with E-state index in [1.54, 1.807) is 0 Å². The summed E-state index contributed by atoms with van der Waals surface area (Å²) in [6.45, 7) is 5.06. The Morgan fingerprint density at radius 1 is 1.00 bits per heavy atom. The number of hydrogen-bond acceptors (Lipinski definition) is 7. The molecule has 0 radical (unpaired) electrons. The van der Waals surface area contributed by atoms with Gasteiger partial charge < -0.3 is 23.7 Å². The summed E-state index contributed by atoms with van der Waals surface area (Å²) in [6.07, 6.45) is 0. The van der Waals surface area contributed by atoms with Crippen LogP contribution >= 0.6 is 11.8 Å². The largest absolute Gasteiger partial charge is 0.406 e. The van der Waals surface area contributed by atoms with Crippen LogP contribution in [0.2, 0.25) is 0 Å². The molecule has 2 saturated heterocycles. The van der Waals surface area contributed by atoms with Crippen LogP contribution < -0.4 is 0 Å². The molecule has 0 bridgehead atoms. The van der Waals surface area contributed by atoms with Crippen LogP contribution in [0, 0.1) is 0 Å². The fourth-order valence-corrected chi connectivity index (χ4v) is 5.38. The monoisotopic (exact) mass is 493 g/mol. The van der Waals surface area contributed by atoms with Gasteiger partial charge in [0.05, 0.1) is 19.1 Å². The van der Waals surface area contributed by atoms with Crippen molar-refractivity contribution in [2.75, 3.05) is 51.9 Å². The zero-order valence-corrected chi connectivity index (χ0v) is 21.2. The van der Waals surface area contributed by atoms with Gasteiger partial charge in [0, 0.05) is 49.8 Å². The van der Waals surface area contributed by atoms with Crippen LogP contribution in [-0.2, 0) is 15.3 Å². The van der Waals surface area contributed by atoms with Crippen molar-refractivity contribution in [3.8, 4) is 0 Å². The van der Waals surface area contributed by atoms with Crippen LogP contribution in [0.1, 0.15) is 35.4 Å². The number of benzene rings is 2. The number of hydrogen-bond donors (Lipinski definition) is 0. The average Bonchev–Trinajstić information content (AvgIpc) is 3.59. The lowest BCUT2D eigenvalue weighted by atomic mass is 9.92. The summed E-state index contributed by atoms with van der Waals surface area (Å²) in [6, 6.07) is 18.6. The second kappa shape index (κ2) is 10.4. The Balaban J connectivity index is 1.41. The van der Waals surface area contributed by atoms with Crippen molar-refractivity contribution in [2.45, 2.75) is 18.6 Å². The maximum absolute atomic E-state index is 6.18. The number of thioether (sulfide) groups is 1. The molecule has 0 spiro atoms. The summed E-state index contributed by atoms with van der Waals surface area (Å²) < 4.78 is 18.4. The second-order valence-electron chi connectivity index (χ2n) is 8.86. The second-order valence-corrected chi connectivity index (χ2v) is 10.1. The maximum Gasteiger partial charge on any atom is 0.345 e. The number of ether oxygens (including phenoxy) is 2. The van der Waals surface area contributed by atoms with Gasteiger partial charge in [-0.05, 0) is 18.6 Å². The summed E-state index contributed by atoms with van der Waals surface area (Å²) in [4.78, 5) is 8.95. The molecule has 1 unspecified atom stereocenters. The molecular formula is C26H31N5O3S. The lowest BCUT2D eigenvalue weighted by Crippen LogP contribution is -2.44. The van der Waals surface area contributed by atoms with Crippen LogP contribution in [0.4, 0.5) is 6.01 Å². The predicted molar refractivity (Wildman–Crippen MR) is 137 cm³/mol. The zero-order valence-electron chi connectivity index (χ0n) is 20.4. The first-order valence-corrected chi connectivity index (χ1v) is 13.1. The Morgan fingerprint density at radius 3 is 2.43 bits per heavy atom. The van der Waals surface area contributed by atoms with E-state index in [4.69, 9.17) is 13.9 Å². The minimum absolute atomic E-state index is 0.116. The van der Waals surface area contributed by atoms with Gasteiger partial charge in [-0.2, -0.15) is 16.8 Å². The molecular weight excluding hydrogens is 462 g/mol. The molecule has 0 N–H and O–H groups in total. The summed E-state index contributed by atoms with van der Waals surface area (Å²) in [5.41, 5.74) is 2.96. The summed E-state index contributed by atoms with van der Waals surface area (Å²) >= 11 is 1.96. The Kier molecular flexibility index (Phi) is 7.08. The van der Waals surface area contributed by atoms with Crippen LogP contribution in [0.5, 0.6) is 0 Å². The summed E-state index contributed by atoms with van der Waals surface area (Å²) in [5.74, 6) is 2.52. The molecule has 5 rings (SSSR count). The third kappa shape index (κ3) is 4.94. The lowest BCUT2D eigenvalue weighted by molar-refractivity contribution is -0.129. The molecule has 0 aliphatic carbocycles. The van der Waals surface area contributed by atoms with Gasteiger partial charge in [0.2, 0.25) is 17.6 Å². The Morgan fingerprint density at radius 2 is 1.71 bits per heavy atom. The van der Waals surface area contributed by atoms with Gasteiger partial charge in [-0.15, -0.1) is 5.10 Å². The van der Waals surface area contributed by atoms with Crippen LogP contribution in [-0.4, -0.2) is 77.9 Å². The predicted octanol–water partition coefficient (Wildman–Crippen LogP) is 4.07. The highest BCUT2D eigenvalue weighted by molar-refractivity contribution is 7.99. The molecule has 8 nitrogen and oxygen atoms in total. The van der Waals surface area contributed by atoms with Gasteiger partial charge in [0.1, 0.15) is 0 Å². The van der Waals surface area contributed by atoms with E-state index in [9.17, 15) is 0 Å². The first-order valence-electron chi connectivity index (χ1n) is 11.9. The zero-order chi connectivity index (χ0) is 24.3. The third-order valence-corrected chi connectivity index (χ3v) is 7.25. The number of aromatic nitrogens is 2. The quantitative estimate of drug-likeness (QED) is 0.389. The molecule has 2 fully saturated rings. The van der Waals surface area contributed by atoms with E-state index in [0.717, 1.165) is 47.2 Å². The highest BCUT2D eigenvalue weighted by Gasteiger charge is 2.40. The van der Waals surface area contributed by atoms with Gasteiger partial charge in [-0.3, -0.25) is 0 Å². The molecule has 2 aromatic carbocycles. The summed E-state index contributed by atoms with van der Waals surface area (Å²) in [7, 11) is 3.98. The summed E-state index contributed by atoms with van der Waals surface area (Å²) in [5, 5.41) is 8.55. The molecule has 1 aromatic heterocycles. The van der Waals surface area contributed by atoms with E-state index >= 15 is 0 Å². The van der Waals surface area contributed by atoms with Crippen molar-refractivity contribution >= 4 is 23.7 Å². The van der Waals surface area contributed by atoms with E-state index in [-0.39, 0.29) is 11.9 Å². The van der Waals surface area contributed by atoms with Crippen LogP contribution in [0.25, 0.3) is 0 Å². The van der Waals surface area contributed by atoms with E-state index in [0.29, 0.717) is 19.1 Å². The standard InChI is InChI=1S/C26H31N5O3S/c1-19(23-28-29-24(34-23)27-25(30(2)3)31-12-16-35-17-13-31)20-8-7-11-22(18-20)26(32-14-15-33-26)21-9-5-4-6-10-21/h4-11,18-19H,12-17H2,1-3H3/b27-25+. The van der Waals surface area contributed by atoms with Gasteiger partial charge in [-0.25, -0.2) is 0 Å². The molecule has 3 heterocycles. The molecule has 0 saturated carbocycles. The molecule has 9 heteroatoms. The smallest absolute Gasteiger partial charge is 0.345 e. The van der Waals surface area contributed by atoms with Gasteiger partial charge in [0.25, 0.3) is 0 Å². The van der Waals surface area contributed by atoms with Crippen molar-refractivity contribution in [2.24, 2.45) is 4.99 Å². The lowest BCUT2D eigenvalue weighted by Gasteiger charge is -2.32. The van der Waals surface area contributed by atoms with E-state index in [2.05, 4.69) is 39.1 Å². The molecule has 2 aliphatic rings. The van der Waals surface area contributed by atoms with Crippen molar-refractivity contribution in [1.82, 2.24) is 20.0 Å². The van der Waals surface area contributed by atoms with Crippen molar-refractivity contribution < 1.29 is 13.9 Å². The number of aliphatic imine (C=N–C) groups is 1. The van der Waals surface area contributed by atoms with E-state index < -0.39 is 5.79 Å². The topological polar surface area (TPSA) is 76.2 Å². The van der Waals surface area contributed by atoms with E-state index in [1.165, 1.54) is 0 Å². The molecule has 1 atom stereocenters. The van der Waals surface area contributed by atoms with Crippen molar-refractivity contribution in [3.63, 3.8) is 0 Å². The Bertz CT molecular complexity index is 1150. The van der Waals surface area contributed by atoms with Crippen LogP contribution in [0.3, 0.4) is 0 Å². The minimum Gasteiger partial charge on any atom is -0.406 e.